The van der Waals surface area contributed by atoms with Crippen molar-refractivity contribution in [3.63, 3.8) is 0 Å². The summed E-state index contributed by atoms with van der Waals surface area (Å²) in [4.78, 5) is 21.4. The summed E-state index contributed by atoms with van der Waals surface area (Å²) in [5.41, 5.74) is 3.61. The Balaban J connectivity index is 1.35. The Kier molecular flexibility index (Phi) is 4.22. The first kappa shape index (κ1) is 18.0. The lowest BCUT2D eigenvalue weighted by Gasteiger charge is -2.42. The van der Waals surface area contributed by atoms with Crippen LogP contribution >= 0.6 is 0 Å². The summed E-state index contributed by atoms with van der Waals surface area (Å²) in [5, 5.41) is 23.9. The second kappa shape index (κ2) is 7.06. The van der Waals surface area contributed by atoms with Gasteiger partial charge < -0.3 is 15.2 Å². The number of fused-ring (bicyclic) bond motifs is 1. The smallest absolute Gasteiger partial charge is 0.249 e. The predicted octanol–water partition coefficient (Wildman–Crippen LogP) is 2.92. The third kappa shape index (κ3) is 2.98. The number of rotatable bonds is 4. The van der Waals surface area contributed by atoms with E-state index in [0.29, 0.717) is 18.7 Å². The molecule has 5 rings (SSSR count). The van der Waals surface area contributed by atoms with E-state index in [4.69, 9.17) is 5.26 Å². The van der Waals surface area contributed by atoms with Gasteiger partial charge in [0, 0.05) is 48.2 Å². The average Bonchev–Trinajstić information content (AvgIpc) is 3.18. The number of aromatic nitrogens is 1. The van der Waals surface area contributed by atoms with Crippen LogP contribution in [0.3, 0.4) is 0 Å². The normalized spacial score (nSPS) is 20.1. The summed E-state index contributed by atoms with van der Waals surface area (Å²) in [6.45, 7) is 1.17. The Morgan fingerprint density at radius 1 is 1.17 bits per heavy atom. The van der Waals surface area contributed by atoms with Crippen molar-refractivity contribution in [2.24, 2.45) is 10.9 Å². The fraction of sp³-hybridized carbons (Fsp3) is 0.217. The molecule has 7 nitrogen and oxygen atoms in total. The van der Waals surface area contributed by atoms with Crippen molar-refractivity contribution in [2.75, 3.05) is 18.4 Å². The molecule has 146 valence electrons. The molecule has 1 saturated heterocycles. The predicted molar refractivity (Wildman–Crippen MR) is 114 cm³/mol. The van der Waals surface area contributed by atoms with Crippen LogP contribution in [0.25, 0.3) is 21.9 Å². The lowest BCUT2D eigenvalue weighted by molar-refractivity contribution is -0.137. The Labute approximate surface area is 173 Å². The molecule has 7 heteroatoms. The van der Waals surface area contributed by atoms with Gasteiger partial charge in [0.05, 0.1) is 23.7 Å². The van der Waals surface area contributed by atoms with E-state index in [0.717, 1.165) is 27.6 Å². The number of amides is 1. The standard InChI is InChI=1S/C23H18N6O/c24-7-14-2-1-3-15(4-14)16-5-17-9-26-11-20(17)21(6-16)28-19-12-29(13-19)23(30)22-18(8-25)10-27-22/h1-6,9-11,18-19,22,26,28H,12-13H2. The third-order valence-electron chi connectivity index (χ3n) is 5.71. The molecule has 1 amide bonds. The molecule has 0 spiro atoms. The summed E-state index contributed by atoms with van der Waals surface area (Å²) < 4.78 is 0. The van der Waals surface area contributed by atoms with Gasteiger partial charge in [-0.2, -0.15) is 10.5 Å². The Hall–Kier alpha value is -4.10. The number of nitriles is 2. The molecule has 2 N–H and O–H groups in total. The maximum absolute atomic E-state index is 12.4. The van der Waals surface area contributed by atoms with Gasteiger partial charge in [-0.05, 0) is 35.4 Å². The van der Waals surface area contributed by atoms with Crippen molar-refractivity contribution in [2.45, 2.75) is 12.1 Å². The fourth-order valence-electron chi connectivity index (χ4n) is 3.96. The third-order valence-corrected chi connectivity index (χ3v) is 5.71. The van der Waals surface area contributed by atoms with Gasteiger partial charge in [0.1, 0.15) is 12.0 Å². The van der Waals surface area contributed by atoms with E-state index >= 15 is 0 Å². The van der Waals surface area contributed by atoms with Crippen LogP contribution in [0.5, 0.6) is 0 Å². The maximum Gasteiger partial charge on any atom is 0.249 e. The highest BCUT2D eigenvalue weighted by atomic mass is 16.2. The van der Waals surface area contributed by atoms with Gasteiger partial charge in [-0.1, -0.05) is 12.1 Å². The minimum absolute atomic E-state index is 0.0732. The largest absolute Gasteiger partial charge is 0.378 e. The summed E-state index contributed by atoms with van der Waals surface area (Å²) in [6.07, 6.45) is 5.44. The lowest BCUT2D eigenvalue weighted by atomic mass is 9.94. The number of anilines is 1. The van der Waals surface area contributed by atoms with Gasteiger partial charge in [0.15, 0.2) is 0 Å². The zero-order valence-corrected chi connectivity index (χ0v) is 16.0. The minimum atomic E-state index is -0.539. The summed E-state index contributed by atoms with van der Waals surface area (Å²) in [5.74, 6) is -0.471. The number of aromatic amines is 1. The van der Waals surface area contributed by atoms with Crippen LogP contribution in [0, 0.1) is 28.6 Å². The highest BCUT2D eigenvalue weighted by Gasteiger charge is 2.40. The molecule has 0 bridgehead atoms. The molecule has 0 radical (unpaired) electrons. The molecule has 2 aromatic carbocycles. The first-order chi connectivity index (χ1) is 14.7. The molecule has 1 aromatic heterocycles. The number of carbonyl (C=O) groups is 1. The van der Waals surface area contributed by atoms with Crippen LogP contribution in [-0.2, 0) is 4.79 Å². The van der Waals surface area contributed by atoms with Crippen molar-refractivity contribution in [1.82, 2.24) is 9.88 Å². The molecule has 3 aromatic rings. The van der Waals surface area contributed by atoms with Crippen LogP contribution in [0.15, 0.2) is 53.8 Å². The van der Waals surface area contributed by atoms with Crippen LogP contribution in [0.1, 0.15) is 5.56 Å². The molecular formula is C23H18N6O. The zero-order chi connectivity index (χ0) is 20.7. The topological polar surface area (TPSA) is 108 Å². The van der Waals surface area contributed by atoms with Crippen LogP contribution < -0.4 is 5.32 Å². The van der Waals surface area contributed by atoms with Crippen LogP contribution in [0.2, 0.25) is 0 Å². The van der Waals surface area contributed by atoms with Crippen molar-refractivity contribution in [1.29, 1.82) is 10.5 Å². The number of benzene rings is 2. The first-order valence-electron chi connectivity index (χ1n) is 9.75. The molecule has 1 fully saturated rings. The number of hydrogen-bond donors (Lipinski definition) is 2. The van der Waals surface area contributed by atoms with E-state index in [-0.39, 0.29) is 11.9 Å². The average molecular weight is 394 g/mol. The summed E-state index contributed by atoms with van der Waals surface area (Å²) >= 11 is 0. The first-order valence-corrected chi connectivity index (χ1v) is 9.75. The molecular weight excluding hydrogens is 376 g/mol. The van der Waals surface area contributed by atoms with E-state index in [1.165, 1.54) is 6.21 Å². The highest BCUT2D eigenvalue weighted by molar-refractivity contribution is 5.98. The van der Waals surface area contributed by atoms with Gasteiger partial charge >= 0.3 is 0 Å². The van der Waals surface area contributed by atoms with Gasteiger partial charge in [0.25, 0.3) is 0 Å². The SMILES string of the molecule is N#Cc1cccc(-c2cc(NC3CN(C(=O)C4N=CC4C#N)C3)c3c[nH]cc3c2)c1. The second-order valence-electron chi connectivity index (χ2n) is 7.66. The van der Waals surface area contributed by atoms with Crippen molar-refractivity contribution in [3.05, 3.63) is 54.4 Å². The second-order valence-corrected chi connectivity index (χ2v) is 7.66. The highest BCUT2D eigenvalue weighted by Crippen LogP contribution is 2.33. The van der Waals surface area contributed by atoms with Crippen molar-refractivity contribution < 1.29 is 4.79 Å². The molecule has 2 aliphatic heterocycles. The van der Waals surface area contributed by atoms with E-state index in [2.05, 4.69) is 39.6 Å². The summed E-state index contributed by atoms with van der Waals surface area (Å²) in [6, 6.07) is 15.6. The number of H-pyrrole nitrogens is 1. The molecule has 2 aliphatic rings. The monoisotopic (exact) mass is 394 g/mol. The molecule has 3 heterocycles. The number of hydrogen-bond acceptors (Lipinski definition) is 5. The van der Waals surface area contributed by atoms with Gasteiger partial charge in [-0.15, -0.1) is 0 Å². The van der Waals surface area contributed by atoms with Crippen molar-refractivity contribution >= 4 is 28.6 Å². The van der Waals surface area contributed by atoms with Gasteiger partial charge in [-0.3, -0.25) is 9.79 Å². The van der Waals surface area contributed by atoms with Crippen LogP contribution in [0.4, 0.5) is 5.69 Å². The number of nitrogens with zero attached hydrogens (tertiary/aromatic N) is 4. The Bertz CT molecular complexity index is 1250. The zero-order valence-electron chi connectivity index (χ0n) is 16.0. The molecule has 0 saturated carbocycles. The quantitative estimate of drug-likeness (QED) is 0.709. The van der Waals surface area contributed by atoms with E-state index < -0.39 is 12.0 Å². The molecule has 2 atom stereocenters. The lowest BCUT2D eigenvalue weighted by Crippen LogP contribution is -2.60. The summed E-state index contributed by atoms with van der Waals surface area (Å²) in [7, 11) is 0. The maximum atomic E-state index is 12.4. The molecule has 0 aliphatic carbocycles. The van der Waals surface area contributed by atoms with E-state index in [9.17, 15) is 10.1 Å². The number of aliphatic imine (C=N–C) groups is 1. The van der Waals surface area contributed by atoms with Crippen LogP contribution in [-0.4, -0.2) is 47.2 Å². The van der Waals surface area contributed by atoms with E-state index in [1.807, 2.05) is 30.6 Å². The number of carbonyl (C=O) groups excluding carboxylic acids is 1. The number of nitrogens with one attached hydrogen (secondary N) is 2. The minimum Gasteiger partial charge on any atom is -0.378 e. The Morgan fingerprint density at radius 3 is 2.77 bits per heavy atom. The molecule has 2 unspecified atom stereocenters. The van der Waals surface area contributed by atoms with Gasteiger partial charge in [0.2, 0.25) is 5.91 Å². The van der Waals surface area contributed by atoms with E-state index in [1.54, 1.807) is 11.0 Å². The fourth-order valence-corrected chi connectivity index (χ4v) is 3.96. The Morgan fingerprint density at radius 2 is 2.03 bits per heavy atom. The molecule has 30 heavy (non-hydrogen) atoms. The number of likely N-dealkylation sites (tertiary alicyclic amines) is 1. The van der Waals surface area contributed by atoms with Crippen molar-refractivity contribution in [3.8, 4) is 23.3 Å². The van der Waals surface area contributed by atoms with Gasteiger partial charge in [-0.25, -0.2) is 0 Å².